The fourth-order valence-electron chi connectivity index (χ4n) is 3.88. The minimum Gasteiger partial charge on any atom is -0.396 e. The van der Waals surface area contributed by atoms with Crippen molar-refractivity contribution in [3.8, 4) is 0 Å². The van der Waals surface area contributed by atoms with Crippen molar-refractivity contribution in [2.75, 3.05) is 26.2 Å². The second-order valence-corrected chi connectivity index (χ2v) is 8.25. The Morgan fingerprint density at radius 2 is 2.07 bits per heavy atom. The fraction of sp³-hybridized carbons (Fsp3) is 0.857. The van der Waals surface area contributed by atoms with Crippen LogP contribution in [-0.4, -0.2) is 52.1 Å². The third-order valence-corrected chi connectivity index (χ3v) is 5.25. The maximum Gasteiger partial charge on any atom is 0.191 e. The minimum absolute atomic E-state index is 0.236. The molecule has 0 radical (unpaired) electrons. The third-order valence-electron chi connectivity index (χ3n) is 5.25. The van der Waals surface area contributed by atoms with Crippen LogP contribution in [0.1, 0.15) is 70.9 Å². The lowest BCUT2D eigenvalue weighted by Crippen LogP contribution is -2.38. The van der Waals surface area contributed by atoms with E-state index >= 15 is 0 Å². The number of hydrogen-bond acceptors (Lipinski definition) is 4. The zero-order chi connectivity index (χ0) is 20.2. The highest BCUT2D eigenvalue weighted by atomic mass is 16.3. The van der Waals surface area contributed by atoms with Crippen LogP contribution in [0.15, 0.2) is 4.99 Å². The zero-order valence-corrected chi connectivity index (χ0v) is 18.1. The summed E-state index contributed by atoms with van der Waals surface area (Å²) in [6.07, 6.45) is 8.69. The Labute approximate surface area is 170 Å². The van der Waals surface area contributed by atoms with Crippen LogP contribution >= 0.6 is 0 Å². The molecule has 1 aromatic rings. The Kier molecular flexibility index (Phi) is 10.3. The molecule has 1 unspecified atom stereocenters. The Hall–Kier alpha value is -1.63. The van der Waals surface area contributed by atoms with Crippen molar-refractivity contribution in [3.05, 3.63) is 11.6 Å². The van der Waals surface area contributed by atoms with Crippen molar-refractivity contribution in [1.29, 1.82) is 0 Å². The molecule has 1 atom stereocenters. The van der Waals surface area contributed by atoms with Crippen molar-refractivity contribution in [2.24, 2.45) is 16.8 Å². The van der Waals surface area contributed by atoms with E-state index in [0.29, 0.717) is 11.8 Å². The third kappa shape index (κ3) is 7.78. The number of aliphatic hydroxyl groups excluding tert-OH is 1. The molecule has 0 spiro atoms. The molecule has 0 saturated heterocycles. The van der Waals surface area contributed by atoms with Crippen LogP contribution in [0.3, 0.4) is 0 Å². The van der Waals surface area contributed by atoms with Crippen LogP contribution in [0.4, 0.5) is 0 Å². The van der Waals surface area contributed by atoms with Gasteiger partial charge in [-0.25, -0.2) is 0 Å². The van der Waals surface area contributed by atoms with Gasteiger partial charge in [-0.05, 0) is 50.9 Å². The number of aromatic nitrogens is 3. The standard InChI is InChI=1S/C21H40N6O/c1-4-22-21(24-16-18(11-14-28)15-17(2)3)23-12-8-10-20-26-25-19-9-6-5-7-13-27(19)20/h17-18,28H,4-16H2,1-3H3,(H2,22,23,24). The van der Waals surface area contributed by atoms with E-state index in [1.807, 2.05) is 0 Å². The summed E-state index contributed by atoms with van der Waals surface area (Å²) in [6.45, 7) is 10.3. The van der Waals surface area contributed by atoms with Crippen LogP contribution in [0, 0.1) is 11.8 Å². The molecule has 0 saturated carbocycles. The number of aliphatic hydroxyl groups is 1. The van der Waals surface area contributed by atoms with Gasteiger partial charge in [0.2, 0.25) is 0 Å². The van der Waals surface area contributed by atoms with Crippen molar-refractivity contribution in [1.82, 2.24) is 25.4 Å². The second-order valence-electron chi connectivity index (χ2n) is 8.25. The highest BCUT2D eigenvalue weighted by molar-refractivity contribution is 5.79. The van der Waals surface area contributed by atoms with Crippen molar-refractivity contribution in [3.63, 3.8) is 0 Å². The molecule has 28 heavy (non-hydrogen) atoms. The number of nitrogens with one attached hydrogen (secondary N) is 2. The predicted octanol–water partition coefficient (Wildman–Crippen LogP) is 2.54. The lowest BCUT2D eigenvalue weighted by molar-refractivity contribution is 0.245. The van der Waals surface area contributed by atoms with Crippen LogP contribution in [0.2, 0.25) is 0 Å². The van der Waals surface area contributed by atoms with E-state index < -0.39 is 0 Å². The number of fused-ring (bicyclic) bond motifs is 1. The van der Waals surface area contributed by atoms with E-state index in [2.05, 4.69) is 46.2 Å². The normalized spacial score (nSPS) is 16.0. The van der Waals surface area contributed by atoms with Crippen molar-refractivity contribution >= 4 is 5.96 Å². The summed E-state index contributed by atoms with van der Waals surface area (Å²) < 4.78 is 2.33. The lowest BCUT2D eigenvalue weighted by atomic mass is 9.94. The van der Waals surface area contributed by atoms with Gasteiger partial charge in [-0.3, -0.25) is 4.99 Å². The lowest BCUT2D eigenvalue weighted by Gasteiger charge is -2.17. The van der Waals surface area contributed by atoms with E-state index in [1.165, 1.54) is 19.3 Å². The van der Waals surface area contributed by atoms with Crippen LogP contribution in [-0.2, 0) is 19.4 Å². The van der Waals surface area contributed by atoms with Gasteiger partial charge in [-0.1, -0.05) is 20.3 Å². The highest BCUT2D eigenvalue weighted by Crippen LogP contribution is 2.16. The average Bonchev–Trinajstić information content (AvgIpc) is 2.89. The number of nitrogens with zero attached hydrogens (tertiary/aromatic N) is 4. The van der Waals surface area contributed by atoms with E-state index in [0.717, 1.165) is 75.9 Å². The first-order chi connectivity index (χ1) is 13.6. The van der Waals surface area contributed by atoms with Gasteiger partial charge in [0.15, 0.2) is 5.96 Å². The molecule has 0 amide bonds. The monoisotopic (exact) mass is 392 g/mol. The fourth-order valence-corrected chi connectivity index (χ4v) is 3.88. The van der Waals surface area contributed by atoms with Crippen molar-refractivity contribution in [2.45, 2.75) is 78.7 Å². The largest absolute Gasteiger partial charge is 0.396 e. The van der Waals surface area contributed by atoms with E-state index in [1.54, 1.807) is 0 Å². The van der Waals surface area contributed by atoms with Gasteiger partial charge in [0, 0.05) is 45.6 Å². The maximum absolute atomic E-state index is 9.29. The molecule has 160 valence electrons. The molecule has 1 aromatic heterocycles. The van der Waals surface area contributed by atoms with Gasteiger partial charge in [-0.15, -0.1) is 10.2 Å². The predicted molar refractivity (Wildman–Crippen MR) is 115 cm³/mol. The molecule has 7 nitrogen and oxygen atoms in total. The summed E-state index contributed by atoms with van der Waals surface area (Å²) >= 11 is 0. The molecule has 2 heterocycles. The Balaban J connectivity index is 1.80. The smallest absolute Gasteiger partial charge is 0.191 e. The highest BCUT2D eigenvalue weighted by Gasteiger charge is 2.14. The summed E-state index contributed by atoms with van der Waals surface area (Å²) in [5, 5.41) is 24.9. The first kappa shape index (κ1) is 22.7. The van der Waals surface area contributed by atoms with Crippen LogP contribution in [0.25, 0.3) is 0 Å². The topological polar surface area (TPSA) is 87.4 Å². The Bertz CT molecular complexity index is 583. The number of guanidine groups is 1. The molecule has 1 aliphatic rings. The zero-order valence-electron chi connectivity index (χ0n) is 18.1. The molecule has 0 bridgehead atoms. The molecule has 1 aliphatic heterocycles. The number of rotatable bonds is 11. The van der Waals surface area contributed by atoms with E-state index in [9.17, 15) is 5.11 Å². The Morgan fingerprint density at radius 1 is 1.21 bits per heavy atom. The molecule has 0 fully saturated rings. The molecule has 7 heteroatoms. The molecule has 2 rings (SSSR count). The molecular formula is C21H40N6O. The average molecular weight is 393 g/mol. The number of aryl methyl sites for hydroxylation is 2. The maximum atomic E-state index is 9.29. The summed E-state index contributed by atoms with van der Waals surface area (Å²) in [5.41, 5.74) is 0. The van der Waals surface area contributed by atoms with Gasteiger partial charge in [-0.2, -0.15) is 0 Å². The minimum atomic E-state index is 0.236. The quantitative estimate of drug-likeness (QED) is 0.306. The molecule has 0 aromatic carbocycles. The van der Waals surface area contributed by atoms with E-state index in [-0.39, 0.29) is 6.61 Å². The number of aliphatic imine (C=N–C) groups is 1. The van der Waals surface area contributed by atoms with Crippen molar-refractivity contribution < 1.29 is 5.11 Å². The van der Waals surface area contributed by atoms with Crippen LogP contribution in [0.5, 0.6) is 0 Å². The molecule has 0 aliphatic carbocycles. The van der Waals surface area contributed by atoms with E-state index in [4.69, 9.17) is 4.99 Å². The van der Waals surface area contributed by atoms with Gasteiger partial charge in [0.1, 0.15) is 11.6 Å². The SMILES string of the molecule is CCNC(=NCC(CCO)CC(C)C)NCCCc1nnc2n1CCCCC2. The van der Waals surface area contributed by atoms with Crippen LogP contribution < -0.4 is 10.6 Å². The molecule has 3 N–H and O–H groups in total. The number of hydrogen-bond donors (Lipinski definition) is 3. The summed E-state index contributed by atoms with van der Waals surface area (Å²) in [4.78, 5) is 4.75. The van der Waals surface area contributed by atoms with Gasteiger partial charge in [0.25, 0.3) is 0 Å². The van der Waals surface area contributed by atoms with Gasteiger partial charge < -0.3 is 20.3 Å². The Morgan fingerprint density at radius 3 is 2.82 bits per heavy atom. The van der Waals surface area contributed by atoms with Gasteiger partial charge >= 0.3 is 0 Å². The van der Waals surface area contributed by atoms with Gasteiger partial charge in [0.05, 0.1) is 0 Å². The summed E-state index contributed by atoms with van der Waals surface area (Å²) in [6, 6.07) is 0. The first-order valence-electron chi connectivity index (χ1n) is 11.2. The molecular weight excluding hydrogens is 352 g/mol. The summed E-state index contributed by atoms with van der Waals surface area (Å²) in [5.74, 6) is 4.22. The second kappa shape index (κ2) is 12.8. The first-order valence-corrected chi connectivity index (χ1v) is 11.2. The summed E-state index contributed by atoms with van der Waals surface area (Å²) in [7, 11) is 0.